The maximum absolute atomic E-state index is 13.1. The van der Waals surface area contributed by atoms with Gasteiger partial charge >= 0.3 is 6.98 Å². The molecule has 0 aromatic heterocycles. The highest BCUT2D eigenvalue weighted by Crippen LogP contribution is 2.17. The molecule has 1 rings (SSSR count). The molecule has 0 amide bonds. The molecule has 0 fully saturated rings. The maximum Gasteiger partial charge on any atom is 0.512 e. The summed E-state index contributed by atoms with van der Waals surface area (Å²) in [7, 11) is 0. The fourth-order valence-corrected chi connectivity index (χ4v) is 1.15. The molecule has 94 valence electrons. The molecule has 0 aliphatic rings. The van der Waals surface area contributed by atoms with Crippen molar-refractivity contribution in [3.63, 3.8) is 0 Å². The molecule has 0 aliphatic carbocycles. The van der Waals surface area contributed by atoms with Crippen LogP contribution in [0.5, 0.6) is 5.75 Å². The molecule has 0 bridgehead atoms. The molecule has 0 radical (unpaired) electrons. The van der Waals surface area contributed by atoms with Gasteiger partial charge in [-0.3, -0.25) is 0 Å². The van der Waals surface area contributed by atoms with E-state index in [1.807, 2.05) is 6.92 Å². The zero-order valence-electron chi connectivity index (χ0n) is 9.35. The van der Waals surface area contributed by atoms with Crippen LogP contribution in [-0.4, -0.2) is 13.6 Å². The molecule has 1 nitrogen and oxygen atoms in total. The van der Waals surface area contributed by atoms with Gasteiger partial charge in [0.2, 0.25) is 0 Å². The Labute approximate surface area is 97.1 Å². The van der Waals surface area contributed by atoms with E-state index in [1.54, 1.807) is 0 Å². The van der Waals surface area contributed by atoms with Crippen LogP contribution in [0.25, 0.3) is 0 Å². The van der Waals surface area contributed by atoms with Crippen molar-refractivity contribution in [2.45, 2.75) is 13.3 Å². The molecule has 0 aliphatic heterocycles. The predicted molar refractivity (Wildman–Crippen MR) is 60.0 cm³/mol. The summed E-state index contributed by atoms with van der Waals surface area (Å²) in [6.07, 6.45) is 0.701. The van der Waals surface area contributed by atoms with Gasteiger partial charge < -0.3 is 17.7 Å². The minimum absolute atomic E-state index is 0.0703. The van der Waals surface area contributed by atoms with E-state index >= 15 is 0 Å². The summed E-state index contributed by atoms with van der Waals surface area (Å²) in [6, 6.07) is 2.55. The smallest absolute Gasteiger partial charge is 0.489 e. The minimum atomic E-state index is -5.32. The van der Waals surface area contributed by atoms with Gasteiger partial charge in [0, 0.05) is 6.07 Å². The summed E-state index contributed by atoms with van der Waals surface area (Å²) in [5.74, 6) is -1.24. The Kier molecular flexibility index (Phi) is 4.20. The van der Waals surface area contributed by atoms with Crippen molar-refractivity contribution in [3.8, 4) is 5.75 Å². The van der Waals surface area contributed by atoms with E-state index in [9.17, 15) is 17.3 Å². The van der Waals surface area contributed by atoms with E-state index in [0.717, 1.165) is 17.7 Å². The monoisotopic (exact) mass is 247 g/mol. The molecule has 1 aromatic carbocycles. The molecule has 0 spiro atoms. The Bertz CT molecular complexity index is 414. The van der Waals surface area contributed by atoms with Crippen molar-refractivity contribution in [3.05, 3.63) is 36.2 Å². The summed E-state index contributed by atoms with van der Waals surface area (Å²) in [5, 5.41) is 0. The normalized spacial score (nSPS) is 11.4. The first-order chi connectivity index (χ1) is 7.84. The van der Waals surface area contributed by atoms with E-state index in [1.165, 1.54) is 0 Å². The minimum Gasteiger partial charge on any atom is -0.489 e. The molecule has 0 atom stereocenters. The first-order valence-electron chi connectivity index (χ1n) is 5.13. The van der Waals surface area contributed by atoms with Crippen molar-refractivity contribution in [1.29, 1.82) is 0 Å². The quantitative estimate of drug-likeness (QED) is 0.441. The van der Waals surface area contributed by atoms with Crippen LogP contribution in [0, 0.1) is 5.82 Å². The average molecular weight is 247 g/mol. The van der Waals surface area contributed by atoms with Gasteiger partial charge in [-0.25, -0.2) is 4.39 Å². The number of rotatable bonds is 5. The third-order valence-corrected chi connectivity index (χ3v) is 2.27. The summed E-state index contributed by atoms with van der Waals surface area (Å²) in [6.45, 7) is 0.399. The van der Waals surface area contributed by atoms with E-state index in [4.69, 9.17) is 4.74 Å². The molecule has 1 aromatic rings. The predicted octanol–water partition coefficient (Wildman–Crippen LogP) is 3.23. The summed E-state index contributed by atoms with van der Waals surface area (Å²) in [5.41, 5.74) is -0.443. The van der Waals surface area contributed by atoms with Crippen LogP contribution < -0.4 is 10.2 Å². The van der Waals surface area contributed by atoms with E-state index < -0.39 is 18.3 Å². The van der Waals surface area contributed by atoms with Crippen molar-refractivity contribution in [2.24, 2.45) is 0 Å². The maximum atomic E-state index is 13.1. The second-order valence-corrected chi connectivity index (χ2v) is 3.65. The first-order valence-corrected chi connectivity index (χ1v) is 5.13. The highest BCUT2D eigenvalue weighted by molar-refractivity contribution is 6.73. The average Bonchev–Trinajstić information content (AvgIpc) is 2.24. The standard InChI is InChI=1S/C11H12BF4O/c1-3-8(2)7-17-9-4-5-10(11(13)6-9)12(14,15)16/h4-6H,2-3,7H2,1H3/q-1. The SMILES string of the molecule is C=C(CC)COc1ccc([B-](F)(F)F)c(F)c1. The first kappa shape index (κ1) is 13.6. The third kappa shape index (κ3) is 3.80. The largest absolute Gasteiger partial charge is 0.512 e. The number of hydrogen-bond donors (Lipinski definition) is 0. The molecule has 0 saturated carbocycles. The van der Waals surface area contributed by atoms with E-state index in [-0.39, 0.29) is 12.4 Å². The van der Waals surface area contributed by atoms with Crippen LogP contribution >= 0.6 is 0 Å². The lowest BCUT2D eigenvalue weighted by atomic mass is 9.80. The number of ether oxygens (including phenoxy) is 1. The summed E-state index contributed by atoms with van der Waals surface area (Å²) < 4.78 is 55.2. The van der Waals surface area contributed by atoms with Crippen LogP contribution in [0.2, 0.25) is 0 Å². The zero-order valence-corrected chi connectivity index (χ0v) is 9.35. The Hall–Kier alpha value is -1.46. The molecule has 6 heteroatoms. The van der Waals surface area contributed by atoms with Crippen LogP contribution in [-0.2, 0) is 0 Å². The topological polar surface area (TPSA) is 9.23 Å². The number of halogens is 4. The third-order valence-electron chi connectivity index (χ3n) is 2.27. The highest BCUT2D eigenvalue weighted by Gasteiger charge is 2.28. The van der Waals surface area contributed by atoms with Crippen LogP contribution in [0.1, 0.15) is 13.3 Å². The molecule has 0 unspecified atom stereocenters. The van der Waals surface area contributed by atoms with Crippen LogP contribution in [0.4, 0.5) is 17.3 Å². The second kappa shape index (κ2) is 5.25. The fourth-order valence-electron chi connectivity index (χ4n) is 1.15. The number of benzene rings is 1. The summed E-state index contributed by atoms with van der Waals surface area (Å²) >= 11 is 0. The van der Waals surface area contributed by atoms with Gasteiger partial charge in [0.05, 0.1) is 5.82 Å². The van der Waals surface area contributed by atoms with Gasteiger partial charge in [0.1, 0.15) is 12.4 Å². The van der Waals surface area contributed by atoms with Crippen molar-refractivity contribution < 1.29 is 22.1 Å². The lowest BCUT2D eigenvalue weighted by molar-refractivity contribution is 0.347. The Morgan fingerprint density at radius 2 is 2.00 bits per heavy atom. The van der Waals surface area contributed by atoms with Crippen molar-refractivity contribution in [2.75, 3.05) is 6.61 Å². The Morgan fingerprint density at radius 1 is 1.35 bits per heavy atom. The second-order valence-electron chi connectivity index (χ2n) is 3.65. The van der Waals surface area contributed by atoms with Gasteiger partial charge in [-0.15, -0.1) is 0 Å². The lowest BCUT2D eigenvalue weighted by Crippen LogP contribution is -2.36. The highest BCUT2D eigenvalue weighted by atomic mass is 19.4. The van der Waals surface area contributed by atoms with E-state index in [0.29, 0.717) is 12.5 Å². The molecular formula is C11H12BF4O-. The Balaban J connectivity index is 2.79. The molecule has 0 saturated heterocycles. The van der Waals surface area contributed by atoms with E-state index in [2.05, 4.69) is 6.58 Å². The number of hydrogen-bond acceptors (Lipinski definition) is 1. The van der Waals surface area contributed by atoms with Gasteiger partial charge in [-0.2, -0.15) is 0 Å². The lowest BCUT2D eigenvalue weighted by Gasteiger charge is -2.16. The van der Waals surface area contributed by atoms with Gasteiger partial charge in [-0.05, 0) is 18.1 Å². The zero-order chi connectivity index (χ0) is 13.1. The Morgan fingerprint density at radius 3 is 2.47 bits per heavy atom. The molecule has 17 heavy (non-hydrogen) atoms. The summed E-state index contributed by atoms with van der Waals surface area (Å²) in [4.78, 5) is 0. The molecule has 0 heterocycles. The van der Waals surface area contributed by atoms with Crippen molar-refractivity contribution >= 4 is 12.4 Å². The molecule has 0 N–H and O–H groups in total. The van der Waals surface area contributed by atoms with Crippen molar-refractivity contribution in [1.82, 2.24) is 0 Å². The molecular weight excluding hydrogens is 235 g/mol. The van der Waals surface area contributed by atoms with Crippen LogP contribution in [0.15, 0.2) is 30.4 Å². The van der Waals surface area contributed by atoms with Gasteiger partial charge in [-0.1, -0.05) is 25.0 Å². The van der Waals surface area contributed by atoms with Crippen LogP contribution in [0.3, 0.4) is 0 Å². The van der Waals surface area contributed by atoms with Gasteiger partial charge in [0.25, 0.3) is 0 Å². The van der Waals surface area contributed by atoms with Gasteiger partial charge in [0.15, 0.2) is 0 Å². The fraction of sp³-hybridized carbons (Fsp3) is 0.273.